The maximum atomic E-state index is 13.8. The maximum Gasteiger partial charge on any atom is 0.267 e. The molecule has 8 heteroatoms. The van der Waals surface area contributed by atoms with E-state index in [1.165, 1.54) is 16.6 Å². The Morgan fingerprint density at radius 2 is 2.09 bits per heavy atom. The number of nitrogens with zero attached hydrogens (tertiary/aromatic N) is 4. The SMILES string of the molecule is Cc1ccc(-n2c(SCC(=O)N(C)CCC#N)nc3sc4c(c3c2=O)CCCC4)c(C)c1. The zero-order chi connectivity index (χ0) is 22.8. The summed E-state index contributed by atoms with van der Waals surface area (Å²) in [6.07, 6.45) is 4.47. The molecule has 166 valence electrons. The van der Waals surface area contributed by atoms with Crippen LogP contribution in [0.25, 0.3) is 15.9 Å². The first-order valence-electron chi connectivity index (χ1n) is 10.8. The van der Waals surface area contributed by atoms with Gasteiger partial charge in [0.05, 0.1) is 29.3 Å². The molecule has 0 aliphatic heterocycles. The van der Waals surface area contributed by atoms with E-state index >= 15 is 0 Å². The van der Waals surface area contributed by atoms with Gasteiger partial charge >= 0.3 is 0 Å². The third-order valence-electron chi connectivity index (χ3n) is 5.86. The molecule has 0 fully saturated rings. The van der Waals surface area contributed by atoms with Crippen molar-refractivity contribution in [2.45, 2.75) is 51.1 Å². The number of thiophene rings is 1. The lowest BCUT2D eigenvalue weighted by Gasteiger charge is -2.17. The van der Waals surface area contributed by atoms with Crippen molar-refractivity contribution < 1.29 is 4.79 Å². The highest BCUT2D eigenvalue weighted by molar-refractivity contribution is 7.99. The quantitative estimate of drug-likeness (QED) is 0.397. The Labute approximate surface area is 195 Å². The number of nitriles is 1. The molecule has 0 atom stereocenters. The molecule has 0 saturated heterocycles. The second-order valence-corrected chi connectivity index (χ2v) is 10.3. The summed E-state index contributed by atoms with van der Waals surface area (Å²) < 4.78 is 1.69. The second kappa shape index (κ2) is 9.47. The fourth-order valence-corrected chi connectivity index (χ4v) is 6.38. The van der Waals surface area contributed by atoms with Gasteiger partial charge in [0, 0.05) is 18.5 Å². The minimum Gasteiger partial charge on any atom is -0.344 e. The number of carbonyl (C=O) groups is 1. The fraction of sp³-hybridized carbons (Fsp3) is 0.417. The molecule has 1 aliphatic carbocycles. The molecule has 0 saturated carbocycles. The van der Waals surface area contributed by atoms with Gasteiger partial charge in [0.2, 0.25) is 5.91 Å². The van der Waals surface area contributed by atoms with Crippen molar-refractivity contribution in [1.29, 1.82) is 5.26 Å². The molecule has 6 nitrogen and oxygen atoms in total. The average molecular weight is 467 g/mol. The van der Waals surface area contributed by atoms with Crippen LogP contribution in [0.2, 0.25) is 0 Å². The molecule has 0 bridgehead atoms. The van der Waals surface area contributed by atoms with Gasteiger partial charge in [-0.15, -0.1) is 11.3 Å². The third-order valence-corrected chi connectivity index (χ3v) is 7.97. The van der Waals surface area contributed by atoms with Gasteiger partial charge in [0.25, 0.3) is 5.56 Å². The van der Waals surface area contributed by atoms with Crippen LogP contribution in [0.1, 0.15) is 40.8 Å². The fourth-order valence-electron chi connectivity index (χ4n) is 4.13. The average Bonchev–Trinajstić information content (AvgIpc) is 3.15. The van der Waals surface area contributed by atoms with Crippen molar-refractivity contribution in [2.24, 2.45) is 0 Å². The lowest BCUT2D eigenvalue weighted by atomic mass is 9.97. The molecule has 32 heavy (non-hydrogen) atoms. The van der Waals surface area contributed by atoms with Gasteiger partial charge in [-0.25, -0.2) is 4.98 Å². The zero-order valence-corrected chi connectivity index (χ0v) is 20.2. The summed E-state index contributed by atoms with van der Waals surface area (Å²) in [7, 11) is 1.70. The summed E-state index contributed by atoms with van der Waals surface area (Å²) in [5, 5.41) is 10.1. The molecule has 3 aromatic rings. The Kier molecular flexibility index (Phi) is 6.68. The predicted molar refractivity (Wildman–Crippen MR) is 130 cm³/mol. The second-order valence-electron chi connectivity index (χ2n) is 8.23. The van der Waals surface area contributed by atoms with E-state index in [9.17, 15) is 9.59 Å². The molecule has 2 heterocycles. The number of hydrogen-bond donors (Lipinski definition) is 0. The topological polar surface area (TPSA) is 79.0 Å². The molecule has 4 rings (SSSR count). The van der Waals surface area contributed by atoms with Crippen LogP contribution in [-0.2, 0) is 17.6 Å². The summed E-state index contributed by atoms with van der Waals surface area (Å²) in [5.41, 5.74) is 4.05. The van der Waals surface area contributed by atoms with E-state index in [2.05, 4.69) is 12.1 Å². The standard InChI is InChI=1S/C24H26N4O2S2/c1-15-9-10-18(16(2)13-15)28-23(30)21-17-7-4-5-8-19(17)32-22(21)26-24(28)31-14-20(29)27(3)12-6-11-25/h9-10,13H,4-8,12,14H2,1-3H3. The van der Waals surface area contributed by atoms with Gasteiger partial charge in [-0.1, -0.05) is 29.5 Å². The number of hydrogen-bond acceptors (Lipinski definition) is 6. The minimum absolute atomic E-state index is 0.0471. The lowest BCUT2D eigenvalue weighted by Crippen LogP contribution is -2.29. The van der Waals surface area contributed by atoms with Gasteiger partial charge in [0.1, 0.15) is 4.83 Å². The van der Waals surface area contributed by atoms with E-state index in [0.29, 0.717) is 18.1 Å². The van der Waals surface area contributed by atoms with Gasteiger partial charge in [-0.05, 0) is 56.7 Å². The van der Waals surface area contributed by atoms with Crippen molar-refractivity contribution >= 4 is 39.2 Å². The summed E-state index contributed by atoms with van der Waals surface area (Å²) in [4.78, 5) is 34.9. The van der Waals surface area contributed by atoms with Gasteiger partial charge in [0.15, 0.2) is 5.16 Å². The summed E-state index contributed by atoms with van der Waals surface area (Å²) >= 11 is 2.91. The normalized spacial score (nSPS) is 13.1. The number of aryl methyl sites for hydroxylation is 4. The Balaban J connectivity index is 1.81. The minimum atomic E-state index is -0.0859. The highest BCUT2D eigenvalue weighted by Gasteiger charge is 2.24. The maximum absolute atomic E-state index is 13.8. The van der Waals surface area contributed by atoms with E-state index < -0.39 is 0 Å². The van der Waals surface area contributed by atoms with E-state index in [0.717, 1.165) is 58.3 Å². The number of rotatable bonds is 6. The smallest absolute Gasteiger partial charge is 0.267 e. The van der Waals surface area contributed by atoms with E-state index in [1.807, 2.05) is 26.0 Å². The summed E-state index contributed by atoms with van der Waals surface area (Å²) in [6, 6.07) is 8.08. The molecule has 1 aliphatic rings. The Morgan fingerprint density at radius 1 is 1.31 bits per heavy atom. The number of fused-ring (bicyclic) bond motifs is 3. The van der Waals surface area contributed by atoms with E-state index in [4.69, 9.17) is 10.2 Å². The number of carbonyl (C=O) groups excluding carboxylic acids is 1. The van der Waals surface area contributed by atoms with Crippen molar-refractivity contribution in [1.82, 2.24) is 14.5 Å². The van der Waals surface area contributed by atoms with Gasteiger partial charge in [-0.2, -0.15) is 5.26 Å². The van der Waals surface area contributed by atoms with Crippen LogP contribution in [0.5, 0.6) is 0 Å². The Hall–Kier alpha value is -2.63. The molecular formula is C24H26N4O2S2. The lowest BCUT2D eigenvalue weighted by molar-refractivity contribution is -0.127. The van der Waals surface area contributed by atoms with Crippen LogP contribution in [-0.4, -0.2) is 39.7 Å². The number of amides is 1. The molecule has 0 unspecified atom stereocenters. The summed E-state index contributed by atoms with van der Waals surface area (Å²) in [5.74, 6) is 0.0767. The van der Waals surface area contributed by atoms with Gasteiger partial charge < -0.3 is 4.90 Å². The first-order valence-corrected chi connectivity index (χ1v) is 12.6. The van der Waals surface area contributed by atoms with Crippen LogP contribution < -0.4 is 5.56 Å². The molecule has 2 aromatic heterocycles. The summed E-state index contributed by atoms with van der Waals surface area (Å²) in [6.45, 7) is 4.42. The van der Waals surface area contributed by atoms with E-state index in [1.54, 1.807) is 27.9 Å². The van der Waals surface area contributed by atoms with Crippen LogP contribution in [0.4, 0.5) is 0 Å². The first-order chi connectivity index (χ1) is 15.4. The van der Waals surface area contributed by atoms with Crippen LogP contribution >= 0.6 is 23.1 Å². The van der Waals surface area contributed by atoms with Crippen molar-refractivity contribution in [3.05, 3.63) is 50.1 Å². The molecule has 0 radical (unpaired) electrons. The monoisotopic (exact) mass is 466 g/mol. The third kappa shape index (κ3) is 4.32. The molecule has 0 N–H and O–H groups in total. The zero-order valence-electron chi connectivity index (χ0n) is 18.6. The van der Waals surface area contributed by atoms with Crippen molar-refractivity contribution in [2.75, 3.05) is 19.3 Å². The molecule has 1 aromatic carbocycles. The number of benzene rings is 1. The molecule has 0 spiro atoms. The van der Waals surface area contributed by atoms with Crippen molar-refractivity contribution in [3.63, 3.8) is 0 Å². The van der Waals surface area contributed by atoms with Crippen molar-refractivity contribution in [3.8, 4) is 11.8 Å². The molecular weight excluding hydrogens is 440 g/mol. The highest BCUT2D eigenvalue weighted by atomic mass is 32.2. The predicted octanol–water partition coefficient (Wildman–Crippen LogP) is 4.41. The molecule has 1 amide bonds. The van der Waals surface area contributed by atoms with Crippen LogP contribution in [0.15, 0.2) is 28.2 Å². The Morgan fingerprint density at radius 3 is 2.84 bits per heavy atom. The number of thioether (sulfide) groups is 1. The van der Waals surface area contributed by atoms with Crippen LogP contribution in [0.3, 0.4) is 0 Å². The van der Waals surface area contributed by atoms with Crippen LogP contribution in [0, 0.1) is 25.2 Å². The largest absolute Gasteiger partial charge is 0.344 e. The highest BCUT2D eigenvalue weighted by Crippen LogP contribution is 2.35. The first kappa shape index (κ1) is 22.6. The Bertz CT molecular complexity index is 1290. The number of aromatic nitrogens is 2. The van der Waals surface area contributed by atoms with Gasteiger partial charge in [-0.3, -0.25) is 14.2 Å². The van der Waals surface area contributed by atoms with E-state index in [-0.39, 0.29) is 17.2 Å².